The van der Waals surface area contributed by atoms with E-state index in [4.69, 9.17) is 17.0 Å². The zero-order chi connectivity index (χ0) is 21.3. The third-order valence-corrected chi connectivity index (χ3v) is 4.98. The minimum Gasteiger partial charge on any atom is -0.492 e. The molecule has 0 unspecified atom stereocenters. The first-order valence-electron chi connectivity index (χ1n) is 10.0. The first kappa shape index (κ1) is 21.6. The summed E-state index contributed by atoms with van der Waals surface area (Å²) in [7, 11) is 4.08. The molecule has 0 radical (unpaired) electrons. The molecule has 0 aliphatic rings. The molecule has 0 fully saturated rings. The van der Waals surface area contributed by atoms with Crippen LogP contribution in [0.15, 0.2) is 72.9 Å². The molecule has 1 heterocycles. The maximum Gasteiger partial charge on any atom is 0.174 e. The number of pyridine rings is 1. The molecule has 0 saturated heterocycles. The number of benzene rings is 2. The Morgan fingerprint density at radius 3 is 2.37 bits per heavy atom. The molecule has 3 aromatic rings. The average molecular weight is 421 g/mol. The van der Waals surface area contributed by atoms with Crippen LogP contribution >= 0.6 is 12.2 Å². The second-order valence-electron chi connectivity index (χ2n) is 7.10. The second kappa shape index (κ2) is 10.6. The number of ether oxygens (including phenoxy) is 1. The topological polar surface area (TPSA) is 40.6 Å². The summed E-state index contributed by atoms with van der Waals surface area (Å²) in [6.07, 6.45) is 1.81. The lowest BCUT2D eigenvalue weighted by Crippen LogP contribution is -2.34. The van der Waals surface area contributed by atoms with Gasteiger partial charge in [0.25, 0.3) is 0 Å². The highest BCUT2D eigenvalue weighted by molar-refractivity contribution is 7.80. The summed E-state index contributed by atoms with van der Waals surface area (Å²) in [6.45, 7) is 3.85. The number of para-hydroxylation sites is 2. The predicted octanol–water partition coefficient (Wildman–Crippen LogP) is 4.95. The lowest BCUT2D eigenvalue weighted by Gasteiger charge is -2.26. The Bertz CT molecular complexity index is 945. The van der Waals surface area contributed by atoms with E-state index in [1.54, 1.807) is 6.20 Å². The lowest BCUT2D eigenvalue weighted by atomic mass is 10.2. The molecule has 1 N–H and O–H groups in total. The van der Waals surface area contributed by atoms with E-state index in [9.17, 15) is 0 Å². The molecule has 3 rings (SSSR count). The molecule has 5 nitrogen and oxygen atoms in total. The monoisotopic (exact) mass is 420 g/mol. The Morgan fingerprint density at radius 2 is 1.70 bits per heavy atom. The summed E-state index contributed by atoms with van der Waals surface area (Å²) in [6, 6.07) is 22.3. The van der Waals surface area contributed by atoms with Crippen LogP contribution in [0.5, 0.6) is 5.75 Å². The average Bonchev–Trinajstić information content (AvgIpc) is 2.76. The van der Waals surface area contributed by atoms with E-state index in [2.05, 4.69) is 44.4 Å². The van der Waals surface area contributed by atoms with E-state index in [-0.39, 0.29) is 0 Å². The number of nitrogens with zero attached hydrogens (tertiary/aromatic N) is 3. The summed E-state index contributed by atoms with van der Waals surface area (Å²) in [4.78, 5) is 8.68. The standard InChI is InChI=1S/C24H28N4OS/c1-4-29-23-11-6-5-10-22(23)26-24(30)28(18-20-9-7-8-16-25-20)17-19-12-14-21(15-13-19)27(2)3/h5-16H,4,17-18H2,1-3H3,(H,26,30). The van der Waals surface area contributed by atoms with Gasteiger partial charge in [0.2, 0.25) is 0 Å². The van der Waals surface area contributed by atoms with Crippen molar-refractivity contribution in [1.29, 1.82) is 0 Å². The summed E-state index contributed by atoms with van der Waals surface area (Å²) >= 11 is 5.79. The third kappa shape index (κ3) is 5.94. The van der Waals surface area contributed by atoms with Crippen molar-refractivity contribution in [1.82, 2.24) is 9.88 Å². The van der Waals surface area contributed by atoms with Gasteiger partial charge in [-0.1, -0.05) is 30.3 Å². The fraction of sp³-hybridized carbons (Fsp3) is 0.250. The van der Waals surface area contributed by atoms with Gasteiger partial charge in [-0.05, 0) is 61.1 Å². The van der Waals surface area contributed by atoms with Gasteiger partial charge in [-0.2, -0.15) is 0 Å². The van der Waals surface area contributed by atoms with Gasteiger partial charge in [-0.15, -0.1) is 0 Å². The Hall–Kier alpha value is -3.12. The summed E-state index contributed by atoms with van der Waals surface area (Å²) < 4.78 is 5.73. The molecular weight excluding hydrogens is 392 g/mol. The minimum atomic E-state index is 0.599. The molecule has 0 bridgehead atoms. The van der Waals surface area contributed by atoms with E-state index in [0.717, 1.165) is 17.1 Å². The predicted molar refractivity (Wildman–Crippen MR) is 128 cm³/mol. The van der Waals surface area contributed by atoms with Crippen LogP contribution in [0.4, 0.5) is 11.4 Å². The van der Waals surface area contributed by atoms with Crippen LogP contribution < -0.4 is 15.0 Å². The van der Waals surface area contributed by atoms with E-state index in [0.29, 0.717) is 24.8 Å². The molecule has 2 aromatic carbocycles. The summed E-state index contributed by atoms with van der Waals surface area (Å²) in [5.74, 6) is 0.787. The highest BCUT2D eigenvalue weighted by Crippen LogP contribution is 2.25. The molecule has 0 atom stereocenters. The smallest absolute Gasteiger partial charge is 0.174 e. The number of anilines is 2. The Morgan fingerprint density at radius 1 is 0.967 bits per heavy atom. The van der Waals surface area contributed by atoms with Gasteiger partial charge in [0.05, 0.1) is 24.5 Å². The Balaban J connectivity index is 1.80. The number of thiocarbonyl (C=S) groups is 1. The third-order valence-electron chi connectivity index (χ3n) is 4.62. The van der Waals surface area contributed by atoms with Crippen molar-refractivity contribution < 1.29 is 4.74 Å². The van der Waals surface area contributed by atoms with Gasteiger partial charge in [0, 0.05) is 32.5 Å². The van der Waals surface area contributed by atoms with Gasteiger partial charge in [-0.3, -0.25) is 4.98 Å². The maximum atomic E-state index is 5.79. The number of rotatable bonds is 8. The van der Waals surface area contributed by atoms with Crippen LogP contribution in [0.3, 0.4) is 0 Å². The van der Waals surface area contributed by atoms with Crippen molar-refractivity contribution >= 4 is 28.7 Å². The first-order chi connectivity index (χ1) is 14.6. The SMILES string of the molecule is CCOc1ccccc1NC(=S)N(Cc1ccc(N(C)C)cc1)Cc1ccccn1. The molecule has 30 heavy (non-hydrogen) atoms. The van der Waals surface area contributed by atoms with Crippen molar-refractivity contribution in [3.05, 3.63) is 84.2 Å². The van der Waals surface area contributed by atoms with Crippen molar-refractivity contribution in [3.63, 3.8) is 0 Å². The van der Waals surface area contributed by atoms with Crippen molar-refractivity contribution in [2.45, 2.75) is 20.0 Å². The van der Waals surface area contributed by atoms with E-state index >= 15 is 0 Å². The molecule has 156 valence electrons. The number of hydrogen-bond acceptors (Lipinski definition) is 4. The zero-order valence-electron chi connectivity index (χ0n) is 17.7. The van der Waals surface area contributed by atoms with Crippen LogP contribution in [0.1, 0.15) is 18.2 Å². The number of hydrogen-bond donors (Lipinski definition) is 1. The Kier molecular flexibility index (Phi) is 7.63. The molecular formula is C24H28N4OS. The summed E-state index contributed by atoms with van der Waals surface area (Å²) in [5.41, 5.74) is 4.17. The highest BCUT2D eigenvalue weighted by Gasteiger charge is 2.14. The molecule has 0 aliphatic carbocycles. The quantitative estimate of drug-likeness (QED) is 0.520. The van der Waals surface area contributed by atoms with Gasteiger partial charge in [0.1, 0.15) is 5.75 Å². The first-order valence-corrected chi connectivity index (χ1v) is 10.4. The molecule has 6 heteroatoms. The van der Waals surface area contributed by atoms with Crippen LogP contribution in [0, 0.1) is 0 Å². The fourth-order valence-electron chi connectivity index (χ4n) is 3.05. The van der Waals surface area contributed by atoms with Crippen LogP contribution in [0.2, 0.25) is 0 Å². The number of nitrogens with one attached hydrogen (secondary N) is 1. The van der Waals surface area contributed by atoms with Gasteiger partial charge in [-0.25, -0.2) is 0 Å². The van der Waals surface area contributed by atoms with E-state index in [1.807, 2.05) is 63.5 Å². The Labute approximate surface area is 184 Å². The molecule has 0 amide bonds. The molecule has 1 aromatic heterocycles. The van der Waals surface area contributed by atoms with Crippen molar-refractivity contribution in [2.75, 3.05) is 30.9 Å². The van der Waals surface area contributed by atoms with E-state index < -0.39 is 0 Å². The molecule has 0 aliphatic heterocycles. The van der Waals surface area contributed by atoms with Gasteiger partial charge in [0.15, 0.2) is 5.11 Å². The molecule has 0 spiro atoms. The van der Waals surface area contributed by atoms with E-state index in [1.165, 1.54) is 11.3 Å². The van der Waals surface area contributed by atoms with Crippen molar-refractivity contribution in [3.8, 4) is 5.75 Å². The highest BCUT2D eigenvalue weighted by atomic mass is 32.1. The number of aromatic nitrogens is 1. The minimum absolute atomic E-state index is 0.599. The lowest BCUT2D eigenvalue weighted by molar-refractivity contribution is 0.341. The van der Waals surface area contributed by atoms with Crippen LogP contribution in [0.25, 0.3) is 0 Å². The second-order valence-corrected chi connectivity index (χ2v) is 7.48. The van der Waals surface area contributed by atoms with Crippen LogP contribution in [-0.2, 0) is 13.1 Å². The zero-order valence-corrected chi connectivity index (χ0v) is 18.5. The molecule has 0 saturated carbocycles. The normalized spacial score (nSPS) is 10.4. The van der Waals surface area contributed by atoms with Crippen molar-refractivity contribution in [2.24, 2.45) is 0 Å². The maximum absolute atomic E-state index is 5.79. The van der Waals surface area contributed by atoms with Gasteiger partial charge < -0.3 is 19.9 Å². The summed E-state index contributed by atoms with van der Waals surface area (Å²) in [5, 5.41) is 3.99. The fourth-order valence-corrected chi connectivity index (χ4v) is 3.29. The largest absolute Gasteiger partial charge is 0.492 e. The van der Waals surface area contributed by atoms with Gasteiger partial charge >= 0.3 is 0 Å². The van der Waals surface area contributed by atoms with Crippen LogP contribution in [-0.4, -0.2) is 35.7 Å².